The molecular formula is C28H37F4N6O2P. The number of rotatable bonds is 10. The number of carbonyl (C=O) groups is 1. The van der Waals surface area contributed by atoms with Crippen LogP contribution in [-0.4, -0.2) is 78.5 Å². The number of benzene rings is 1. The first-order valence-corrected chi connectivity index (χ1v) is 16.3. The summed E-state index contributed by atoms with van der Waals surface area (Å²) in [7, 11) is 0.0437. The highest BCUT2D eigenvalue weighted by Crippen LogP contribution is 2.43. The van der Waals surface area contributed by atoms with Crippen molar-refractivity contribution in [3.8, 4) is 11.3 Å². The van der Waals surface area contributed by atoms with Crippen molar-refractivity contribution in [2.75, 3.05) is 45.8 Å². The number of hydrogen-bond donors (Lipinski definition) is 3. The molecule has 1 amide bonds. The zero-order valence-corrected chi connectivity index (χ0v) is 24.8. The van der Waals surface area contributed by atoms with Crippen LogP contribution in [0.25, 0.3) is 22.2 Å². The molecule has 1 fully saturated rings. The molecule has 1 unspecified atom stereocenters. The van der Waals surface area contributed by atoms with Gasteiger partial charge in [0.1, 0.15) is 18.9 Å². The highest BCUT2D eigenvalue weighted by atomic mass is 31.2. The van der Waals surface area contributed by atoms with Gasteiger partial charge in [0, 0.05) is 54.8 Å². The summed E-state index contributed by atoms with van der Waals surface area (Å²) in [6.45, 7) is 5.42. The lowest BCUT2D eigenvalue weighted by Crippen LogP contribution is -2.34. The Morgan fingerprint density at radius 2 is 2.00 bits per heavy atom. The standard InChI is InChI=1S/C28H37F4N6O2P/c1-16-6-7-18(12-16)36-27-35-15-22(28(30,31)32)23(37-27)21-14-34-24-19(21)8-9-20(25(24)41(4,5)40)26(39)38(3)11-10-17(29)13-33-2/h8-9,14-18,33-34H,6-7,10-13H2,1-5H3,(H,35,36,37)/t16-,17?,18-/m0/s1. The Morgan fingerprint density at radius 3 is 2.61 bits per heavy atom. The molecule has 1 aliphatic carbocycles. The highest BCUT2D eigenvalue weighted by Gasteiger charge is 2.37. The van der Waals surface area contributed by atoms with Crippen LogP contribution in [0.2, 0.25) is 0 Å². The zero-order valence-electron chi connectivity index (χ0n) is 23.9. The Kier molecular flexibility index (Phi) is 9.13. The van der Waals surface area contributed by atoms with Crippen molar-refractivity contribution >= 4 is 35.2 Å². The second kappa shape index (κ2) is 12.1. The number of anilines is 1. The fourth-order valence-corrected chi connectivity index (χ4v) is 6.93. The monoisotopic (exact) mass is 596 g/mol. The van der Waals surface area contributed by atoms with Crippen LogP contribution in [0.5, 0.6) is 0 Å². The first kappa shape index (κ1) is 31.0. The molecule has 2 aromatic heterocycles. The number of fused-ring (bicyclic) bond motifs is 1. The van der Waals surface area contributed by atoms with E-state index in [0.717, 1.165) is 25.5 Å². The Morgan fingerprint density at radius 1 is 1.27 bits per heavy atom. The van der Waals surface area contributed by atoms with Crippen LogP contribution in [0.4, 0.5) is 23.5 Å². The molecule has 0 bridgehead atoms. The number of alkyl halides is 4. The molecule has 41 heavy (non-hydrogen) atoms. The first-order chi connectivity index (χ1) is 19.2. The van der Waals surface area contributed by atoms with Crippen LogP contribution in [0.3, 0.4) is 0 Å². The lowest BCUT2D eigenvalue weighted by molar-refractivity contribution is -0.137. The van der Waals surface area contributed by atoms with Gasteiger partial charge in [-0.25, -0.2) is 14.4 Å². The number of nitrogens with zero attached hydrogens (tertiary/aromatic N) is 3. The van der Waals surface area contributed by atoms with E-state index in [4.69, 9.17) is 0 Å². The maximum absolute atomic E-state index is 14.1. The fourth-order valence-electron chi connectivity index (χ4n) is 5.46. The molecule has 1 saturated carbocycles. The number of halogens is 4. The number of aromatic nitrogens is 3. The van der Waals surface area contributed by atoms with Crippen molar-refractivity contribution in [1.82, 2.24) is 25.2 Å². The molecule has 0 spiro atoms. The molecule has 8 nitrogen and oxygen atoms in total. The average molecular weight is 597 g/mol. The Hall–Kier alpha value is -2.98. The number of amides is 1. The van der Waals surface area contributed by atoms with E-state index in [1.807, 2.05) is 0 Å². The van der Waals surface area contributed by atoms with Crippen molar-refractivity contribution in [1.29, 1.82) is 0 Å². The Bertz CT molecular complexity index is 1450. The minimum atomic E-state index is -4.72. The summed E-state index contributed by atoms with van der Waals surface area (Å²) in [5.41, 5.74) is -0.690. The lowest BCUT2D eigenvalue weighted by Gasteiger charge is -2.22. The molecule has 1 aliphatic rings. The maximum atomic E-state index is 14.1. The summed E-state index contributed by atoms with van der Waals surface area (Å²) in [5, 5.41) is 6.51. The summed E-state index contributed by atoms with van der Waals surface area (Å²) in [5.74, 6) is 0.167. The number of aromatic amines is 1. The van der Waals surface area contributed by atoms with Gasteiger partial charge in [-0.05, 0) is 58.0 Å². The van der Waals surface area contributed by atoms with Crippen LogP contribution in [-0.2, 0) is 10.7 Å². The Balaban J connectivity index is 1.78. The molecule has 0 radical (unpaired) electrons. The molecule has 1 aromatic carbocycles. The van der Waals surface area contributed by atoms with E-state index in [1.165, 1.54) is 43.6 Å². The van der Waals surface area contributed by atoms with E-state index in [9.17, 15) is 26.9 Å². The second-order valence-corrected chi connectivity index (χ2v) is 14.5. The summed E-state index contributed by atoms with van der Waals surface area (Å²) in [6, 6.07) is 3.09. The van der Waals surface area contributed by atoms with Crippen LogP contribution in [0.1, 0.15) is 48.5 Å². The molecule has 2 heterocycles. The van der Waals surface area contributed by atoms with Crippen molar-refractivity contribution in [2.45, 2.75) is 51.0 Å². The SMILES string of the molecule is CNCC(F)CCN(C)C(=O)c1ccc2c(-c3nc(N[C@H]4CC[C@H](C)C4)ncc3C(F)(F)F)c[nH]c2c1P(C)(C)=O. The van der Waals surface area contributed by atoms with Crippen LogP contribution in [0.15, 0.2) is 24.5 Å². The summed E-state index contributed by atoms with van der Waals surface area (Å²) < 4.78 is 69.8. The zero-order chi connectivity index (χ0) is 30.1. The predicted molar refractivity (Wildman–Crippen MR) is 154 cm³/mol. The van der Waals surface area contributed by atoms with E-state index < -0.39 is 31.0 Å². The van der Waals surface area contributed by atoms with Gasteiger partial charge in [-0.15, -0.1) is 0 Å². The van der Waals surface area contributed by atoms with Gasteiger partial charge < -0.3 is 25.1 Å². The van der Waals surface area contributed by atoms with Crippen molar-refractivity contribution in [3.05, 3.63) is 35.7 Å². The van der Waals surface area contributed by atoms with Crippen molar-refractivity contribution in [2.24, 2.45) is 5.92 Å². The van der Waals surface area contributed by atoms with Crippen LogP contribution < -0.4 is 15.9 Å². The number of hydrogen-bond acceptors (Lipinski definition) is 6. The Labute approximate surface area is 237 Å². The van der Waals surface area contributed by atoms with E-state index in [-0.39, 0.29) is 53.6 Å². The van der Waals surface area contributed by atoms with Crippen molar-refractivity contribution < 1.29 is 26.9 Å². The minimum Gasteiger partial charge on any atom is -0.360 e. The minimum absolute atomic E-state index is 0.0756. The topological polar surface area (TPSA) is 103 Å². The number of nitrogens with one attached hydrogen (secondary N) is 3. The van der Waals surface area contributed by atoms with Gasteiger partial charge in [0.05, 0.1) is 16.8 Å². The van der Waals surface area contributed by atoms with Gasteiger partial charge in [-0.1, -0.05) is 13.0 Å². The van der Waals surface area contributed by atoms with E-state index in [2.05, 4.69) is 32.5 Å². The van der Waals surface area contributed by atoms with Crippen molar-refractivity contribution in [3.63, 3.8) is 0 Å². The summed E-state index contributed by atoms with van der Waals surface area (Å²) >= 11 is 0. The number of H-pyrrole nitrogens is 1. The fraction of sp³-hybridized carbons (Fsp3) is 0.536. The van der Waals surface area contributed by atoms with Crippen LogP contribution >= 0.6 is 7.14 Å². The summed E-state index contributed by atoms with van der Waals surface area (Å²) in [6.07, 6.45) is -0.777. The predicted octanol–water partition coefficient (Wildman–Crippen LogP) is 5.51. The molecule has 3 atom stereocenters. The smallest absolute Gasteiger partial charge is 0.360 e. The third-order valence-corrected chi connectivity index (χ3v) is 9.07. The normalized spacial score (nSPS) is 18.6. The largest absolute Gasteiger partial charge is 0.419 e. The molecule has 4 rings (SSSR count). The van der Waals surface area contributed by atoms with E-state index in [1.54, 1.807) is 7.05 Å². The first-order valence-electron chi connectivity index (χ1n) is 13.7. The molecule has 224 valence electrons. The average Bonchev–Trinajstić information content (AvgIpc) is 3.50. The lowest BCUT2D eigenvalue weighted by atomic mass is 10.0. The van der Waals surface area contributed by atoms with E-state index in [0.29, 0.717) is 16.8 Å². The van der Waals surface area contributed by atoms with Crippen LogP contribution in [0, 0.1) is 5.92 Å². The molecule has 13 heteroatoms. The van der Waals surface area contributed by atoms with Gasteiger partial charge in [-0.2, -0.15) is 13.2 Å². The van der Waals surface area contributed by atoms with Gasteiger partial charge in [0.15, 0.2) is 0 Å². The molecule has 0 aliphatic heterocycles. The van der Waals surface area contributed by atoms with E-state index >= 15 is 0 Å². The highest BCUT2D eigenvalue weighted by molar-refractivity contribution is 7.70. The molecule has 3 aromatic rings. The third-order valence-electron chi connectivity index (χ3n) is 7.53. The van der Waals surface area contributed by atoms with Gasteiger partial charge in [0.25, 0.3) is 5.91 Å². The van der Waals surface area contributed by atoms with Gasteiger partial charge in [-0.3, -0.25) is 4.79 Å². The quantitative estimate of drug-likeness (QED) is 0.211. The second-order valence-electron chi connectivity index (χ2n) is 11.3. The van der Waals surface area contributed by atoms with Gasteiger partial charge in [0.2, 0.25) is 5.95 Å². The maximum Gasteiger partial charge on any atom is 0.419 e. The molecule has 3 N–H and O–H groups in total. The van der Waals surface area contributed by atoms with Gasteiger partial charge >= 0.3 is 6.18 Å². The third kappa shape index (κ3) is 6.92. The molecule has 0 saturated heterocycles. The number of carbonyl (C=O) groups excluding carboxylic acids is 1. The molecular weight excluding hydrogens is 559 g/mol. The summed E-state index contributed by atoms with van der Waals surface area (Å²) in [4.78, 5) is 26.0.